The second kappa shape index (κ2) is 7.05. The van der Waals surface area contributed by atoms with Gasteiger partial charge in [-0.25, -0.2) is 4.79 Å². The number of nitrogen functional groups attached to an aromatic ring is 1. The molecule has 2 rings (SSSR count). The quantitative estimate of drug-likeness (QED) is 0.510. The summed E-state index contributed by atoms with van der Waals surface area (Å²) in [5, 5.41) is 0.362. The minimum Gasteiger partial charge on any atom is -0.451 e. The maximum atomic E-state index is 12.6. The number of ketones is 1. The van der Waals surface area contributed by atoms with Gasteiger partial charge >= 0.3 is 5.97 Å². The van der Waals surface area contributed by atoms with Crippen LogP contribution in [0.15, 0.2) is 30.3 Å². The second-order valence-corrected chi connectivity index (χ2v) is 6.31. The van der Waals surface area contributed by atoms with Crippen LogP contribution in [0.1, 0.15) is 44.3 Å². The number of Topliss-reactive ketones (excluding diaryl/α,β-unsaturated/α-hetero) is 1. The molecule has 0 fully saturated rings. The molecule has 1 unspecified atom stereocenters. The zero-order chi connectivity index (χ0) is 18.0. The van der Waals surface area contributed by atoms with E-state index in [-0.39, 0.29) is 17.0 Å². The van der Waals surface area contributed by atoms with Gasteiger partial charge in [0.15, 0.2) is 6.10 Å². The molecule has 0 aliphatic heterocycles. The summed E-state index contributed by atoms with van der Waals surface area (Å²) >= 11 is 5.84. The maximum Gasteiger partial charge on any atom is 0.338 e. The number of rotatable bonds is 4. The summed E-state index contributed by atoms with van der Waals surface area (Å²) in [4.78, 5) is 24.8. The highest BCUT2D eigenvalue weighted by Gasteiger charge is 2.22. The summed E-state index contributed by atoms with van der Waals surface area (Å²) in [6, 6.07) is 8.25. The third-order valence-corrected chi connectivity index (χ3v) is 4.34. The Labute approximate surface area is 146 Å². The van der Waals surface area contributed by atoms with Gasteiger partial charge in [0.1, 0.15) is 0 Å². The van der Waals surface area contributed by atoms with Gasteiger partial charge in [0.25, 0.3) is 0 Å². The van der Waals surface area contributed by atoms with Gasteiger partial charge in [0.2, 0.25) is 5.78 Å². The molecule has 0 amide bonds. The van der Waals surface area contributed by atoms with Gasteiger partial charge in [-0.1, -0.05) is 17.7 Å². The van der Waals surface area contributed by atoms with Crippen molar-refractivity contribution in [3.8, 4) is 0 Å². The predicted octanol–water partition coefficient (Wildman–Crippen LogP) is 4.28. The van der Waals surface area contributed by atoms with Crippen LogP contribution in [-0.4, -0.2) is 17.9 Å². The molecule has 126 valence electrons. The number of halogens is 1. The molecule has 4 nitrogen and oxygen atoms in total. The van der Waals surface area contributed by atoms with Crippen LogP contribution in [0, 0.1) is 20.8 Å². The fraction of sp³-hybridized carbons (Fsp3) is 0.263. The van der Waals surface area contributed by atoms with Gasteiger partial charge in [0, 0.05) is 5.56 Å². The summed E-state index contributed by atoms with van der Waals surface area (Å²) in [5.74, 6) is -0.841. The highest BCUT2D eigenvalue weighted by Crippen LogP contribution is 2.21. The maximum absolute atomic E-state index is 12.6. The first-order chi connectivity index (χ1) is 11.2. The van der Waals surface area contributed by atoms with E-state index in [1.807, 2.05) is 32.9 Å². The highest BCUT2D eigenvalue weighted by atomic mass is 35.5. The standard InChI is InChI=1S/C19H20ClNO3/c1-10-7-12(3)15(8-11(10)2)18(22)13(4)24-19(23)14-5-6-16(20)17(21)9-14/h5-9,13H,21H2,1-4H3. The number of ether oxygens (including phenoxy) is 1. The van der Waals surface area contributed by atoms with Crippen LogP contribution >= 0.6 is 11.6 Å². The van der Waals surface area contributed by atoms with Crippen molar-refractivity contribution < 1.29 is 14.3 Å². The van der Waals surface area contributed by atoms with Crippen LogP contribution in [0.2, 0.25) is 5.02 Å². The van der Waals surface area contributed by atoms with Crippen molar-refractivity contribution in [2.24, 2.45) is 0 Å². The number of aryl methyl sites for hydroxylation is 3. The van der Waals surface area contributed by atoms with E-state index in [2.05, 4.69) is 0 Å². The minimum absolute atomic E-state index is 0.231. The lowest BCUT2D eigenvalue weighted by Crippen LogP contribution is -2.25. The Morgan fingerprint density at radius 1 is 1.04 bits per heavy atom. The summed E-state index contributed by atoms with van der Waals surface area (Å²) in [7, 11) is 0. The molecule has 2 aromatic rings. The first kappa shape index (κ1) is 18.0. The van der Waals surface area contributed by atoms with E-state index in [0.29, 0.717) is 10.6 Å². The normalized spacial score (nSPS) is 11.9. The first-order valence-corrected chi connectivity index (χ1v) is 7.96. The van der Waals surface area contributed by atoms with Crippen molar-refractivity contribution in [2.75, 3.05) is 5.73 Å². The van der Waals surface area contributed by atoms with Crippen molar-refractivity contribution in [2.45, 2.75) is 33.8 Å². The molecule has 0 saturated carbocycles. The van der Waals surface area contributed by atoms with Gasteiger partial charge in [-0.15, -0.1) is 0 Å². The Morgan fingerprint density at radius 2 is 1.67 bits per heavy atom. The Morgan fingerprint density at radius 3 is 2.29 bits per heavy atom. The molecule has 5 heteroatoms. The van der Waals surface area contributed by atoms with Crippen LogP contribution in [0.4, 0.5) is 5.69 Å². The number of benzene rings is 2. The Balaban J connectivity index is 2.18. The average molecular weight is 346 g/mol. The monoisotopic (exact) mass is 345 g/mol. The highest BCUT2D eigenvalue weighted by molar-refractivity contribution is 6.33. The number of carbonyl (C=O) groups is 2. The zero-order valence-corrected chi connectivity index (χ0v) is 14.9. The lowest BCUT2D eigenvalue weighted by atomic mass is 9.96. The fourth-order valence-corrected chi connectivity index (χ4v) is 2.52. The predicted molar refractivity (Wildman–Crippen MR) is 95.7 cm³/mol. The van der Waals surface area contributed by atoms with Gasteiger partial charge in [-0.3, -0.25) is 4.79 Å². The lowest BCUT2D eigenvalue weighted by molar-refractivity contribution is 0.0318. The molecule has 0 spiro atoms. The third kappa shape index (κ3) is 3.77. The first-order valence-electron chi connectivity index (χ1n) is 7.58. The number of esters is 1. The molecule has 0 aliphatic rings. The molecule has 0 bridgehead atoms. The van der Waals surface area contributed by atoms with Crippen molar-refractivity contribution in [1.29, 1.82) is 0 Å². The molecule has 0 radical (unpaired) electrons. The van der Waals surface area contributed by atoms with E-state index >= 15 is 0 Å². The van der Waals surface area contributed by atoms with Gasteiger partial charge in [0.05, 0.1) is 16.3 Å². The Kier molecular flexibility index (Phi) is 5.30. The van der Waals surface area contributed by atoms with Crippen molar-refractivity contribution in [3.63, 3.8) is 0 Å². The van der Waals surface area contributed by atoms with E-state index in [4.69, 9.17) is 22.1 Å². The Hall–Kier alpha value is -2.33. The van der Waals surface area contributed by atoms with Gasteiger partial charge < -0.3 is 10.5 Å². The molecule has 2 aromatic carbocycles. The number of nitrogens with two attached hydrogens (primary N) is 1. The summed E-state index contributed by atoms with van der Waals surface area (Å²) in [6.45, 7) is 7.37. The molecule has 0 aliphatic carbocycles. The van der Waals surface area contributed by atoms with Crippen LogP contribution in [-0.2, 0) is 4.74 Å². The zero-order valence-electron chi connectivity index (χ0n) is 14.1. The number of carbonyl (C=O) groups excluding carboxylic acids is 2. The summed E-state index contributed by atoms with van der Waals surface area (Å²) in [5.41, 5.74) is 9.79. The number of hydrogen-bond donors (Lipinski definition) is 1. The van der Waals surface area contributed by atoms with Crippen LogP contribution in [0.5, 0.6) is 0 Å². The van der Waals surface area contributed by atoms with Crippen molar-refractivity contribution >= 4 is 29.0 Å². The smallest absolute Gasteiger partial charge is 0.338 e. The van der Waals surface area contributed by atoms with E-state index < -0.39 is 12.1 Å². The molecule has 2 N–H and O–H groups in total. The SMILES string of the molecule is Cc1cc(C)c(C(=O)C(C)OC(=O)c2ccc(Cl)c(N)c2)cc1C. The minimum atomic E-state index is -0.893. The van der Waals surface area contributed by atoms with Crippen LogP contribution in [0.3, 0.4) is 0 Å². The van der Waals surface area contributed by atoms with Crippen LogP contribution < -0.4 is 5.73 Å². The van der Waals surface area contributed by atoms with Crippen LogP contribution in [0.25, 0.3) is 0 Å². The molecular weight excluding hydrogens is 326 g/mol. The molecule has 0 heterocycles. The number of anilines is 1. The van der Waals surface area contributed by atoms with Gasteiger partial charge in [-0.05, 0) is 68.7 Å². The molecule has 0 saturated heterocycles. The van der Waals surface area contributed by atoms with E-state index in [0.717, 1.165) is 16.7 Å². The summed E-state index contributed by atoms with van der Waals surface area (Å²) in [6.07, 6.45) is -0.893. The molecular formula is C19H20ClNO3. The third-order valence-electron chi connectivity index (χ3n) is 3.99. The second-order valence-electron chi connectivity index (χ2n) is 5.90. The van der Waals surface area contributed by atoms with E-state index in [1.165, 1.54) is 18.2 Å². The van der Waals surface area contributed by atoms with Crippen molar-refractivity contribution in [3.05, 3.63) is 63.2 Å². The van der Waals surface area contributed by atoms with Gasteiger partial charge in [-0.2, -0.15) is 0 Å². The molecule has 1 atom stereocenters. The topological polar surface area (TPSA) is 69.4 Å². The van der Waals surface area contributed by atoms with E-state index in [9.17, 15) is 9.59 Å². The molecule has 24 heavy (non-hydrogen) atoms. The lowest BCUT2D eigenvalue weighted by Gasteiger charge is -2.15. The molecule has 0 aromatic heterocycles. The largest absolute Gasteiger partial charge is 0.451 e. The summed E-state index contributed by atoms with van der Waals surface area (Å²) < 4.78 is 5.29. The average Bonchev–Trinajstić information content (AvgIpc) is 2.52. The van der Waals surface area contributed by atoms with E-state index in [1.54, 1.807) is 6.92 Å². The fourth-order valence-electron chi connectivity index (χ4n) is 2.40. The Bertz CT molecular complexity index is 814. The number of hydrogen-bond acceptors (Lipinski definition) is 4. The van der Waals surface area contributed by atoms with Crippen molar-refractivity contribution in [1.82, 2.24) is 0 Å².